The van der Waals surface area contributed by atoms with E-state index in [2.05, 4.69) is 0 Å². The monoisotopic (exact) mass is 383 g/mol. The van der Waals surface area contributed by atoms with Crippen LogP contribution in [0.25, 0.3) is 0 Å². The Labute approximate surface area is 163 Å². The second-order valence-corrected chi connectivity index (χ2v) is 8.02. The van der Waals surface area contributed by atoms with Crippen molar-refractivity contribution >= 4 is 23.5 Å². The van der Waals surface area contributed by atoms with Crippen molar-refractivity contribution in [2.75, 3.05) is 13.1 Å². The van der Waals surface area contributed by atoms with Crippen molar-refractivity contribution in [2.45, 2.75) is 30.6 Å². The summed E-state index contributed by atoms with van der Waals surface area (Å²) in [6, 6.07) is 17.1. The second-order valence-electron chi connectivity index (χ2n) is 7.58. The van der Waals surface area contributed by atoms with Gasteiger partial charge in [0.15, 0.2) is 0 Å². The maximum Gasteiger partial charge on any atom is 0.314 e. The van der Waals surface area contributed by atoms with Gasteiger partial charge in [0.1, 0.15) is 0 Å². The standard InChI is InChI=1S/C22H22ClNO3/c23-17-8-4-5-15(13-17)18-14-19(18)20(25)24-11-9-22(10-12-24,21(26)27)16-6-2-1-3-7-16/h1-8,13,18-19H,9-12,14H2,(H,26,27)/t18-,19+/m1/s1. The van der Waals surface area contributed by atoms with E-state index in [4.69, 9.17) is 11.6 Å². The first-order valence-electron chi connectivity index (χ1n) is 9.34. The van der Waals surface area contributed by atoms with Crippen LogP contribution in [0.4, 0.5) is 0 Å². The van der Waals surface area contributed by atoms with Gasteiger partial charge in [-0.15, -0.1) is 0 Å². The zero-order valence-electron chi connectivity index (χ0n) is 15.0. The number of carboxylic acid groups (broad SMARTS) is 1. The number of hydrogen-bond acceptors (Lipinski definition) is 2. The van der Waals surface area contributed by atoms with Gasteiger partial charge in [-0.1, -0.05) is 54.1 Å². The highest BCUT2D eigenvalue weighted by molar-refractivity contribution is 6.30. The van der Waals surface area contributed by atoms with Gasteiger partial charge in [-0.25, -0.2) is 0 Å². The number of benzene rings is 2. The van der Waals surface area contributed by atoms with Crippen LogP contribution in [-0.2, 0) is 15.0 Å². The average Bonchev–Trinajstić information content (AvgIpc) is 3.49. The van der Waals surface area contributed by atoms with Gasteiger partial charge in [0.05, 0.1) is 5.41 Å². The number of aliphatic carboxylic acids is 1. The van der Waals surface area contributed by atoms with E-state index in [0.717, 1.165) is 17.5 Å². The van der Waals surface area contributed by atoms with Gasteiger partial charge in [-0.05, 0) is 48.4 Å². The summed E-state index contributed by atoms with van der Waals surface area (Å²) in [5.41, 5.74) is 1.04. The number of carbonyl (C=O) groups is 2. The summed E-state index contributed by atoms with van der Waals surface area (Å²) in [6.07, 6.45) is 1.75. The fourth-order valence-corrected chi connectivity index (χ4v) is 4.50. The van der Waals surface area contributed by atoms with Crippen LogP contribution in [0.1, 0.15) is 36.3 Å². The molecule has 1 saturated carbocycles. The Balaban J connectivity index is 1.43. The van der Waals surface area contributed by atoms with E-state index >= 15 is 0 Å². The number of nitrogens with zero attached hydrogens (tertiary/aromatic N) is 1. The Morgan fingerprint density at radius 3 is 2.37 bits per heavy atom. The van der Waals surface area contributed by atoms with Crippen LogP contribution in [0.3, 0.4) is 0 Å². The van der Waals surface area contributed by atoms with E-state index in [-0.39, 0.29) is 17.7 Å². The van der Waals surface area contributed by atoms with Crippen LogP contribution in [0.15, 0.2) is 54.6 Å². The maximum absolute atomic E-state index is 12.9. The lowest BCUT2D eigenvalue weighted by atomic mass is 9.73. The van der Waals surface area contributed by atoms with E-state index in [1.54, 1.807) is 0 Å². The first-order chi connectivity index (χ1) is 13.0. The SMILES string of the molecule is O=C([C@H]1C[C@@H]1c1cccc(Cl)c1)N1CCC(C(=O)O)(c2ccccc2)CC1. The molecule has 2 fully saturated rings. The van der Waals surface area contributed by atoms with Gasteiger partial charge < -0.3 is 10.0 Å². The van der Waals surface area contributed by atoms with Gasteiger partial charge in [0.2, 0.25) is 5.91 Å². The molecule has 2 aromatic carbocycles. The molecule has 1 aliphatic carbocycles. The quantitative estimate of drug-likeness (QED) is 0.865. The molecular weight excluding hydrogens is 362 g/mol. The lowest BCUT2D eigenvalue weighted by molar-refractivity contribution is -0.148. The summed E-state index contributed by atoms with van der Waals surface area (Å²) in [5.74, 6) is -0.426. The Bertz CT molecular complexity index is 859. The molecule has 0 spiro atoms. The molecule has 1 N–H and O–H groups in total. The van der Waals surface area contributed by atoms with Crippen LogP contribution in [0, 0.1) is 5.92 Å². The molecule has 1 aliphatic heterocycles. The molecule has 0 radical (unpaired) electrons. The van der Waals surface area contributed by atoms with Gasteiger partial charge in [0.25, 0.3) is 0 Å². The fraction of sp³-hybridized carbons (Fsp3) is 0.364. The minimum Gasteiger partial charge on any atom is -0.481 e. The summed E-state index contributed by atoms with van der Waals surface area (Å²) in [5, 5.41) is 10.6. The summed E-state index contributed by atoms with van der Waals surface area (Å²) in [7, 11) is 0. The van der Waals surface area contributed by atoms with Crippen molar-refractivity contribution in [1.82, 2.24) is 4.90 Å². The smallest absolute Gasteiger partial charge is 0.314 e. The number of amides is 1. The third-order valence-corrected chi connectivity index (χ3v) is 6.28. The van der Waals surface area contributed by atoms with Gasteiger partial charge in [0, 0.05) is 24.0 Å². The summed E-state index contributed by atoms with van der Waals surface area (Å²) >= 11 is 6.06. The molecular formula is C22H22ClNO3. The first kappa shape index (κ1) is 18.1. The topological polar surface area (TPSA) is 57.6 Å². The summed E-state index contributed by atoms with van der Waals surface area (Å²) < 4.78 is 0. The average molecular weight is 384 g/mol. The Morgan fingerprint density at radius 1 is 1.04 bits per heavy atom. The van der Waals surface area contributed by atoms with Gasteiger partial charge in [-0.2, -0.15) is 0 Å². The molecule has 2 aliphatic rings. The number of carbonyl (C=O) groups excluding carboxylic acids is 1. The van der Waals surface area contributed by atoms with Crippen molar-refractivity contribution in [1.29, 1.82) is 0 Å². The van der Waals surface area contributed by atoms with Crippen molar-refractivity contribution in [3.05, 3.63) is 70.7 Å². The van der Waals surface area contributed by atoms with Gasteiger partial charge >= 0.3 is 5.97 Å². The number of piperidine rings is 1. The molecule has 2 aromatic rings. The van der Waals surface area contributed by atoms with Gasteiger partial charge in [-0.3, -0.25) is 9.59 Å². The number of carboxylic acids is 1. The molecule has 2 atom stereocenters. The Kier molecular flexibility index (Phi) is 4.68. The predicted octanol–water partition coefficient (Wildman–Crippen LogP) is 4.09. The number of likely N-dealkylation sites (tertiary alicyclic amines) is 1. The van der Waals surface area contributed by atoms with E-state index in [1.165, 1.54) is 0 Å². The van der Waals surface area contributed by atoms with Crippen molar-refractivity contribution in [2.24, 2.45) is 5.92 Å². The fourth-order valence-electron chi connectivity index (χ4n) is 4.30. The lowest BCUT2D eigenvalue weighted by Crippen LogP contribution is -2.49. The summed E-state index contributed by atoms with van der Waals surface area (Å²) in [4.78, 5) is 26.8. The molecule has 0 unspecified atom stereocenters. The molecule has 0 bridgehead atoms. The molecule has 4 rings (SSSR count). The van der Waals surface area contributed by atoms with Crippen molar-refractivity contribution in [3.8, 4) is 0 Å². The number of halogens is 1. The lowest BCUT2D eigenvalue weighted by Gasteiger charge is -2.39. The van der Waals surface area contributed by atoms with Crippen LogP contribution in [0.2, 0.25) is 5.02 Å². The highest BCUT2D eigenvalue weighted by Crippen LogP contribution is 2.49. The van der Waals surface area contributed by atoms with Crippen molar-refractivity contribution < 1.29 is 14.7 Å². The van der Waals surface area contributed by atoms with Crippen molar-refractivity contribution in [3.63, 3.8) is 0 Å². The van der Waals surface area contributed by atoms with E-state index in [0.29, 0.717) is 31.0 Å². The third-order valence-electron chi connectivity index (χ3n) is 6.05. The molecule has 0 aromatic heterocycles. The Morgan fingerprint density at radius 2 is 1.74 bits per heavy atom. The highest BCUT2D eigenvalue weighted by Gasteiger charge is 2.49. The molecule has 5 heteroatoms. The molecule has 27 heavy (non-hydrogen) atoms. The zero-order chi connectivity index (χ0) is 19.0. The highest BCUT2D eigenvalue weighted by atomic mass is 35.5. The van der Waals surface area contributed by atoms with Crippen LogP contribution in [0.5, 0.6) is 0 Å². The molecule has 1 amide bonds. The third kappa shape index (κ3) is 3.34. The molecule has 1 saturated heterocycles. The number of rotatable bonds is 4. The largest absolute Gasteiger partial charge is 0.481 e. The maximum atomic E-state index is 12.9. The molecule has 140 valence electrons. The van der Waals surface area contributed by atoms with E-state index in [1.807, 2.05) is 59.5 Å². The predicted molar refractivity (Wildman–Crippen MR) is 104 cm³/mol. The van der Waals surface area contributed by atoms with E-state index < -0.39 is 11.4 Å². The molecule has 4 nitrogen and oxygen atoms in total. The van der Waals surface area contributed by atoms with E-state index in [9.17, 15) is 14.7 Å². The van der Waals surface area contributed by atoms with Crippen LogP contribution >= 0.6 is 11.6 Å². The minimum absolute atomic E-state index is 0.00230. The number of hydrogen-bond donors (Lipinski definition) is 1. The zero-order valence-corrected chi connectivity index (χ0v) is 15.7. The van der Waals surface area contributed by atoms with Crippen LogP contribution in [-0.4, -0.2) is 35.0 Å². The summed E-state index contributed by atoms with van der Waals surface area (Å²) in [6.45, 7) is 0.970. The molecule has 1 heterocycles. The first-order valence-corrected chi connectivity index (χ1v) is 9.72. The minimum atomic E-state index is -0.895. The van der Waals surface area contributed by atoms with Crippen LogP contribution < -0.4 is 0 Å². The normalized spacial score (nSPS) is 23.7. The second kappa shape index (κ2) is 7.01. The Hall–Kier alpha value is -2.33.